The molecule has 0 aliphatic rings. The Balaban J connectivity index is 2.71. The van der Waals surface area contributed by atoms with Gasteiger partial charge in [-0.25, -0.2) is 0 Å². The van der Waals surface area contributed by atoms with E-state index >= 15 is 0 Å². The zero-order valence-corrected chi connectivity index (χ0v) is 18.9. The molecule has 0 saturated heterocycles. The van der Waals surface area contributed by atoms with E-state index in [1.807, 2.05) is 60.7 Å². The maximum absolute atomic E-state index is 12.6. The van der Waals surface area contributed by atoms with Crippen molar-refractivity contribution in [2.24, 2.45) is 0 Å². The van der Waals surface area contributed by atoms with Crippen LogP contribution in [0.1, 0.15) is 11.1 Å². The predicted octanol–water partition coefficient (Wildman–Crippen LogP) is 5.74. The molecule has 2 aromatic rings. The monoisotopic (exact) mass is 580 g/mol. The summed E-state index contributed by atoms with van der Waals surface area (Å²) in [6.45, 7) is 0. The summed E-state index contributed by atoms with van der Waals surface area (Å²) in [6, 6.07) is 18.7. The first kappa shape index (κ1) is 20.1. The van der Waals surface area contributed by atoms with E-state index in [1.54, 1.807) is 0 Å². The van der Waals surface area contributed by atoms with Crippen molar-refractivity contribution in [2.45, 2.75) is 19.9 Å². The molecule has 2 nitrogen and oxygen atoms in total. The highest BCUT2D eigenvalue weighted by Crippen LogP contribution is 2.44. The Morgan fingerprint density at radius 2 is 1.33 bits per heavy atom. The van der Waals surface area contributed by atoms with Crippen LogP contribution in [0.5, 0.6) is 0 Å². The van der Waals surface area contributed by atoms with Crippen LogP contribution in [-0.4, -0.2) is 30.9 Å². The molecule has 0 bridgehead atoms. The van der Waals surface area contributed by atoms with Crippen molar-refractivity contribution in [3.05, 3.63) is 71.8 Å². The predicted molar refractivity (Wildman–Crippen MR) is 113 cm³/mol. The molecular formula is C18H16Br4O2. The Labute approximate surface area is 175 Å². The quantitative estimate of drug-likeness (QED) is 0.422. The van der Waals surface area contributed by atoms with Crippen molar-refractivity contribution in [1.29, 1.82) is 0 Å². The second-order valence-corrected chi connectivity index (χ2v) is 9.23. The van der Waals surface area contributed by atoms with Crippen LogP contribution in [0, 0.1) is 0 Å². The van der Waals surface area contributed by atoms with E-state index in [0.717, 1.165) is 11.1 Å². The molecule has 2 aromatic carbocycles. The highest BCUT2D eigenvalue weighted by Gasteiger charge is 2.51. The summed E-state index contributed by atoms with van der Waals surface area (Å²) in [5, 5.41) is 11.0. The first-order valence-corrected chi connectivity index (χ1v) is 11.2. The van der Waals surface area contributed by atoms with Gasteiger partial charge < -0.3 is 5.11 Å². The van der Waals surface area contributed by atoms with Crippen LogP contribution in [0.3, 0.4) is 0 Å². The molecule has 0 aromatic heterocycles. The van der Waals surface area contributed by atoms with Crippen molar-refractivity contribution in [2.75, 3.05) is 5.33 Å². The first-order chi connectivity index (χ1) is 11.5. The van der Waals surface area contributed by atoms with Gasteiger partial charge in [0.25, 0.3) is 0 Å². The number of alkyl halides is 4. The SMILES string of the molecule is O=C(O)C(c1ccccc1)(c1ccccc1)C(Br)C(Br)C(Br)CBr. The molecule has 0 heterocycles. The summed E-state index contributed by atoms with van der Waals surface area (Å²) in [4.78, 5) is 12.2. The van der Waals surface area contributed by atoms with Crippen LogP contribution in [0.15, 0.2) is 60.7 Å². The van der Waals surface area contributed by atoms with Crippen LogP contribution in [-0.2, 0) is 10.2 Å². The number of aliphatic carboxylic acids is 1. The number of rotatable bonds is 7. The van der Waals surface area contributed by atoms with Crippen molar-refractivity contribution in [3.8, 4) is 0 Å². The number of carboxylic acids is 1. The third-order valence-electron chi connectivity index (χ3n) is 3.98. The largest absolute Gasteiger partial charge is 0.480 e. The van der Waals surface area contributed by atoms with Gasteiger partial charge in [-0.05, 0) is 11.1 Å². The molecule has 3 atom stereocenters. The van der Waals surface area contributed by atoms with Gasteiger partial charge >= 0.3 is 5.97 Å². The minimum absolute atomic E-state index is 0.0630. The van der Waals surface area contributed by atoms with Gasteiger partial charge in [0.05, 0.1) is 4.83 Å². The van der Waals surface area contributed by atoms with Crippen LogP contribution in [0.2, 0.25) is 0 Å². The highest BCUT2D eigenvalue weighted by atomic mass is 79.9. The van der Waals surface area contributed by atoms with Crippen molar-refractivity contribution in [1.82, 2.24) is 0 Å². The lowest BCUT2D eigenvalue weighted by Crippen LogP contribution is -2.50. The van der Waals surface area contributed by atoms with Crippen LogP contribution >= 0.6 is 63.7 Å². The molecule has 0 fully saturated rings. The molecule has 0 amide bonds. The molecule has 128 valence electrons. The Hall–Kier alpha value is -0.170. The summed E-state index contributed by atoms with van der Waals surface area (Å²) in [5.74, 6) is -0.888. The number of carboxylic acid groups (broad SMARTS) is 1. The molecule has 0 aliphatic heterocycles. The second-order valence-electron chi connectivity index (χ2n) is 5.36. The molecule has 0 radical (unpaired) electrons. The Kier molecular flexibility index (Phi) is 7.53. The standard InChI is InChI=1S/C18H16Br4O2/c19-11-14(20)15(21)16(22)18(17(23)24,12-7-3-1-4-8-12)13-9-5-2-6-10-13/h1-10,14-16H,11H2,(H,23,24). The maximum Gasteiger partial charge on any atom is 0.319 e. The Morgan fingerprint density at radius 3 is 1.67 bits per heavy atom. The third-order valence-corrected chi connectivity index (χ3v) is 10.3. The summed E-state index contributed by atoms with van der Waals surface area (Å²) >= 11 is 14.5. The fraction of sp³-hybridized carbons (Fsp3) is 0.278. The number of benzene rings is 2. The minimum Gasteiger partial charge on any atom is -0.480 e. The fourth-order valence-corrected chi connectivity index (χ4v) is 6.05. The fourth-order valence-electron chi connectivity index (χ4n) is 2.76. The first-order valence-electron chi connectivity index (χ1n) is 7.28. The van der Waals surface area contributed by atoms with E-state index in [0.29, 0.717) is 5.33 Å². The van der Waals surface area contributed by atoms with Gasteiger partial charge in [-0.1, -0.05) is 124 Å². The van der Waals surface area contributed by atoms with Crippen LogP contribution in [0.25, 0.3) is 0 Å². The Morgan fingerprint density at radius 1 is 0.917 bits per heavy atom. The van der Waals surface area contributed by atoms with E-state index < -0.39 is 11.4 Å². The molecule has 6 heteroatoms. The van der Waals surface area contributed by atoms with Gasteiger partial charge in [0, 0.05) is 15.0 Å². The van der Waals surface area contributed by atoms with Gasteiger partial charge in [-0.15, -0.1) is 0 Å². The van der Waals surface area contributed by atoms with Crippen molar-refractivity contribution >= 4 is 69.7 Å². The van der Waals surface area contributed by atoms with Gasteiger partial charge in [0.1, 0.15) is 5.41 Å². The van der Waals surface area contributed by atoms with Crippen molar-refractivity contribution < 1.29 is 9.90 Å². The molecule has 24 heavy (non-hydrogen) atoms. The zero-order valence-electron chi connectivity index (χ0n) is 12.6. The lowest BCUT2D eigenvalue weighted by Gasteiger charge is -2.38. The summed E-state index contributed by atoms with van der Waals surface area (Å²) < 4.78 is 0. The summed E-state index contributed by atoms with van der Waals surface area (Å²) in [5.41, 5.74) is 0.263. The number of halogens is 4. The molecular weight excluding hydrogens is 568 g/mol. The molecule has 0 spiro atoms. The van der Waals surface area contributed by atoms with Gasteiger partial charge in [0.2, 0.25) is 0 Å². The number of carbonyl (C=O) groups is 1. The second kappa shape index (κ2) is 8.97. The molecule has 0 saturated carbocycles. The van der Waals surface area contributed by atoms with Crippen LogP contribution < -0.4 is 0 Å². The van der Waals surface area contributed by atoms with E-state index in [9.17, 15) is 9.90 Å². The topological polar surface area (TPSA) is 37.3 Å². The molecule has 1 N–H and O–H groups in total. The highest BCUT2D eigenvalue weighted by molar-refractivity contribution is 9.14. The molecule has 0 aliphatic carbocycles. The van der Waals surface area contributed by atoms with E-state index in [1.165, 1.54) is 0 Å². The average Bonchev–Trinajstić information content (AvgIpc) is 2.62. The molecule has 3 unspecified atom stereocenters. The maximum atomic E-state index is 12.6. The van der Waals surface area contributed by atoms with Crippen molar-refractivity contribution in [3.63, 3.8) is 0 Å². The minimum atomic E-state index is -1.22. The van der Waals surface area contributed by atoms with E-state index in [2.05, 4.69) is 63.7 Å². The number of hydrogen-bond acceptors (Lipinski definition) is 1. The third kappa shape index (κ3) is 3.81. The number of hydrogen-bond donors (Lipinski definition) is 1. The van der Waals surface area contributed by atoms with Gasteiger partial charge in [-0.3, -0.25) is 4.79 Å². The van der Waals surface area contributed by atoms with E-state index in [4.69, 9.17) is 0 Å². The molecule has 2 rings (SSSR count). The lowest BCUT2D eigenvalue weighted by atomic mass is 9.71. The smallest absolute Gasteiger partial charge is 0.319 e. The zero-order chi connectivity index (χ0) is 17.7. The van der Waals surface area contributed by atoms with E-state index in [-0.39, 0.29) is 14.5 Å². The lowest BCUT2D eigenvalue weighted by molar-refractivity contribution is -0.142. The van der Waals surface area contributed by atoms with Crippen LogP contribution in [0.4, 0.5) is 0 Å². The average molecular weight is 584 g/mol. The summed E-state index contributed by atoms with van der Waals surface area (Å²) in [7, 11) is 0. The normalized spacial score (nSPS) is 15.5. The van der Waals surface area contributed by atoms with Gasteiger partial charge in [0.15, 0.2) is 0 Å². The van der Waals surface area contributed by atoms with Gasteiger partial charge in [-0.2, -0.15) is 0 Å². The Bertz CT molecular complexity index is 624. The summed E-state index contributed by atoms with van der Waals surface area (Å²) in [6.07, 6.45) is 0.